The quantitative estimate of drug-likeness (QED) is 0.940. The Bertz CT molecular complexity index is 685. The number of H-pyrrole nitrogens is 1. The molecule has 2 aromatic rings. The summed E-state index contributed by atoms with van der Waals surface area (Å²) in [5, 5.41) is 7.15. The summed E-state index contributed by atoms with van der Waals surface area (Å²) < 4.78 is 0. The molecule has 1 saturated heterocycles. The molecule has 0 radical (unpaired) electrons. The van der Waals surface area contributed by atoms with Gasteiger partial charge in [-0.3, -0.25) is 14.9 Å². The second-order valence-electron chi connectivity index (χ2n) is 6.95. The van der Waals surface area contributed by atoms with Gasteiger partial charge in [0.25, 0.3) is 0 Å². The van der Waals surface area contributed by atoms with Crippen molar-refractivity contribution in [1.82, 2.24) is 20.1 Å². The van der Waals surface area contributed by atoms with Gasteiger partial charge in [0.15, 0.2) is 0 Å². The molecule has 1 N–H and O–H groups in total. The lowest BCUT2D eigenvalue weighted by atomic mass is 9.91. The van der Waals surface area contributed by atoms with E-state index in [1.165, 1.54) is 12.0 Å². The van der Waals surface area contributed by atoms with Gasteiger partial charge >= 0.3 is 0 Å². The van der Waals surface area contributed by atoms with Crippen LogP contribution < -0.4 is 0 Å². The molecule has 1 aliphatic heterocycles. The van der Waals surface area contributed by atoms with Crippen LogP contribution in [-0.2, 0) is 17.6 Å². The van der Waals surface area contributed by atoms with Gasteiger partial charge < -0.3 is 4.90 Å². The molecule has 0 aromatic carbocycles. The first-order valence-corrected chi connectivity index (χ1v) is 8.72. The highest BCUT2D eigenvalue weighted by molar-refractivity contribution is 5.79. The Morgan fingerprint density at radius 1 is 1.33 bits per heavy atom. The Labute approximate surface area is 143 Å². The number of hydrogen-bond acceptors (Lipinski definition) is 3. The van der Waals surface area contributed by atoms with Gasteiger partial charge in [-0.2, -0.15) is 5.10 Å². The Balaban J connectivity index is 1.60. The fraction of sp³-hybridized carbons (Fsp3) is 0.526. The van der Waals surface area contributed by atoms with Crippen LogP contribution in [0.2, 0.25) is 0 Å². The summed E-state index contributed by atoms with van der Waals surface area (Å²) in [6.45, 7) is 7.66. The summed E-state index contributed by atoms with van der Waals surface area (Å²) in [6, 6.07) is 4.22. The minimum Gasteiger partial charge on any atom is -0.342 e. The molecule has 0 bridgehead atoms. The first kappa shape index (κ1) is 16.7. The maximum atomic E-state index is 12.7. The molecular weight excluding hydrogens is 300 g/mol. The van der Waals surface area contributed by atoms with Crippen molar-refractivity contribution >= 4 is 5.91 Å². The highest BCUT2D eigenvalue weighted by Crippen LogP contribution is 2.22. The van der Waals surface area contributed by atoms with Gasteiger partial charge in [-0.15, -0.1) is 0 Å². The fourth-order valence-electron chi connectivity index (χ4n) is 3.51. The number of likely N-dealkylation sites (tertiary alicyclic amines) is 1. The first-order chi connectivity index (χ1) is 11.5. The molecule has 0 spiro atoms. The topological polar surface area (TPSA) is 61.9 Å². The molecule has 1 unspecified atom stereocenters. The maximum Gasteiger partial charge on any atom is 0.227 e. The molecule has 5 nitrogen and oxygen atoms in total. The van der Waals surface area contributed by atoms with E-state index < -0.39 is 0 Å². The van der Waals surface area contributed by atoms with Crippen LogP contribution in [0.1, 0.15) is 41.1 Å². The third-order valence-corrected chi connectivity index (χ3v) is 4.98. The number of aromatic nitrogens is 3. The zero-order chi connectivity index (χ0) is 17.1. The lowest BCUT2D eigenvalue weighted by Gasteiger charge is -2.33. The van der Waals surface area contributed by atoms with Gasteiger partial charge in [0.1, 0.15) is 0 Å². The van der Waals surface area contributed by atoms with Gasteiger partial charge in [0, 0.05) is 36.2 Å². The zero-order valence-electron chi connectivity index (χ0n) is 14.8. The van der Waals surface area contributed by atoms with Crippen LogP contribution in [0.3, 0.4) is 0 Å². The van der Waals surface area contributed by atoms with Crippen LogP contribution in [0.15, 0.2) is 18.3 Å². The number of nitrogens with zero attached hydrogens (tertiary/aromatic N) is 3. The highest BCUT2D eigenvalue weighted by atomic mass is 16.2. The fourth-order valence-corrected chi connectivity index (χ4v) is 3.51. The number of carbonyl (C=O) groups is 1. The highest BCUT2D eigenvalue weighted by Gasteiger charge is 2.25. The van der Waals surface area contributed by atoms with Crippen molar-refractivity contribution in [3.8, 4) is 0 Å². The number of amides is 1. The molecule has 1 atom stereocenters. The second kappa shape index (κ2) is 7.16. The molecule has 5 heteroatoms. The Morgan fingerprint density at radius 3 is 2.83 bits per heavy atom. The lowest BCUT2D eigenvalue weighted by molar-refractivity contribution is -0.132. The van der Waals surface area contributed by atoms with E-state index in [2.05, 4.69) is 27.3 Å². The predicted octanol–water partition coefficient (Wildman–Crippen LogP) is 2.75. The molecule has 3 rings (SSSR count). The van der Waals surface area contributed by atoms with E-state index in [9.17, 15) is 4.79 Å². The van der Waals surface area contributed by atoms with E-state index in [1.54, 1.807) is 0 Å². The van der Waals surface area contributed by atoms with Gasteiger partial charge in [0.05, 0.1) is 12.1 Å². The summed E-state index contributed by atoms with van der Waals surface area (Å²) in [6.07, 6.45) is 5.68. The van der Waals surface area contributed by atoms with Crippen LogP contribution in [0.5, 0.6) is 0 Å². The van der Waals surface area contributed by atoms with Crippen molar-refractivity contribution in [2.45, 2.75) is 46.5 Å². The molecule has 1 amide bonds. The van der Waals surface area contributed by atoms with Crippen molar-refractivity contribution in [1.29, 1.82) is 0 Å². The molecule has 128 valence electrons. The Hall–Kier alpha value is -2.17. The van der Waals surface area contributed by atoms with Crippen molar-refractivity contribution < 1.29 is 4.79 Å². The third-order valence-electron chi connectivity index (χ3n) is 4.98. The first-order valence-electron chi connectivity index (χ1n) is 8.72. The molecule has 1 aliphatic rings. The normalized spacial score (nSPS) is 18.0. The number of pyridine rings is 1. The van der Waals surface area contributed by atoms with Crippen molar-refractivity contribution in [3.05, 3.63) is 46.5 Å². The number of rotatable bonds is 4. The minimum absolute atomic E-state index is 0.217. The molecule has 24 heavy (non-hydrogen) atoms. The smallest absolute Gasteiger partial charge is 0.227 e. The third kappa shape index (κ3) is 3.83. The van der Waals surface area contributed by atoms with Crippen LogP contribution in [0.25, 0.3) is 0 Å². The summed E-state index contributed by atoms with van der Waals surface area (Å²) >= 11 is 0. The summed E-state index contributed by atoms with van der Waals surface area (Å²) in [4.78, 5) is 19.1. The van der Waals surface area contributed by atoms with Gasteiger partial charge in [-0.05, 0) is 57.6 Å². The molecular formula is C19H26N4O. The Morgan fingerprint density at radius 2 is 2.17 bits per heavy atom. The average molecular weight is 326 g/mol. The van der Waals surface area contributed by atoms with Crippen LogP contribution >= 0.6 is 0 Å². The van der Waals surface area contributed by atoms with Gasteiger partial charge in [-0.1, -0.05) is 6.07 Å². The largest absolute Gasteiger partial charge is 0.342 e. The number of piperidine rings is 1. The zero-order valence-corrected chi connectivity index (χ0v) is 14.8. The van der Waals surface area contributed by atoms with E-state index >= 15 is 0 Å². The van der Waals surface area contributed by atoms with E-state index in [-0.39, 0.29) is 5.91 Å². The lowest BCUT2D eigenvalue weighted by Crippen LogP contribution is -2.41. The summed E-state index contributed by atoms with van der Waals surface area (Å²) in [5.74, 6) is 0.744. The van der Waals surface area contributed by atoms with Gasteiger partial charge in [0.2, 0.25) is 5.91 Å². The van der Waals surface area contributed by atoms with Gasteiger partial charge in [-0.25, -0.2) is 0 Å². The van der Waals surface area contributed by atoms with E-state index in [0.717, 1.165) is 48.6 Å². The summed E-state index contributed by atoms with van der Waals surface area (Å²) in [7, 11) is 0. The van der Waals surface area contributed by atoms with Crippen LogP contribution in [0, 0.1) is 26.7 Å². The van der Waals surface area contributed by atoms with Crippen molar-refractivity contribution in [2.24, 2.45) is 5.92 Å². The van der Waals surface area contributed by atoms with E-state index in [1.807, 2.05) is 31.9 Å². The molecule has 1 fully saturated rings. The minimum atomic E-state index is 0.217. The second-order valence-corrected chi connectivity index (χ2v) is 6.95. The maximum absolute atomic E-state index is 12.7. The number of carbonyl (C=O) groups excluding carboxylic acids is 1. The monoisotopic (exact) mass is 326 g/mol. The number of aromatic amines is 1. The molecule has 2 aromatic heterocycles. The van der Waals surface area contributed by atoms with Crippen LogP contribution in [-0.4, -0.2) is 39.1 Å². The number of nitrogens with one attached hydrogen (secondary N) is 1. The standard InChI is InChI=1S/C19H26N4O/c1-13-6-7-16(11-20-13)9-17-5-4-8-23(12-17)19(24)10-18-14(2)21-22-15(18)3/h6-7,11,17H,4-5,8-10,12H2,1-3H3,(H,21,22). The van der Waals surface area contributed by atoms with E-state index in [4.69, 9.17) is 0 Å². The van der Waals surface area contributed by atoms with E-state index in [0.29, 0.717) is 12.3 Å². The summed E-state index contributed by atoms with van der Waals surface area (Å²) in [5.41, 5.74) is 5.29. The Kier molecular flexibility index (Phi) is 4.97. The number of hydrogen-bond donors (Lipinski definition) is 1. The molecule has 0 aliphatic carbocycles. The number of aryl methyl sites for hydroxylation is 3. The molecule has 3 heterocycles. The van der Waals surface area contributed by atoms with Crippen molar-refractivity contribution in [2.75, 3.05) is 13.1 Å². The average Bonchev–Trinajstić information content (AvgIpc) is 2.89. The van der Waals surface area contributed by atoms with Crippen LogP contribution in [0.4, 0.5) is 0 Å². The van der Waals surface area contributed by atoms with Crippen molar-refractivity contribution in [3.63, 3.8) is 0 Å². The predicted molar refractivity (Wildman–Crippen MR) is 93.7 cm³/mol. The SMILES string of the molecule is Cc1ccc(CC2CCCN(C(=O)Cc3c(C)n[nH]c3C)C2)cn1. The molecule has 0 saturated carbocycles.